The van der Waals surface area contributed by atoms with Crippen LogP contribution in [0.4, 0.5) is 10.1 Å². The number of rotatable bonds is 5. The zero-order valence-electron chi connectivity index (χ0n) is 15.7. The summed E-state index contributed by atoms with van der Waals surface area (Å²) in [6.07, 6.45) is 0. The van der Waals surface area contributed by atoms with Gasteiger partial charge in [0.25, 0.3) is 5.91 Å². The van der Waals surface area contributed by atoms with Crippen LogP contribution in [-0.4, -0.2) is 11.1 Å². The number of aromatic nitrogens is 1. The molecule has 0 spiro atoms. The van der Waals surface area contributed by atoms with Gasteiger partial charge < -0.3 is 14.6 Å². The lowest BCUT2D eigenvalue weighted by atomic mass is 10.1. The van der Waals surface area contributed by atoms with Crippen LogP contribution in [0, 0.1) is 33.5 Å². The van der Waals surface area contributed by atoms with Crippen LogP contribution >= 0.6 is 0 Å². The second kappa shape index (κ2) is 7.61. The summed E-state index contributed by atoms with van der Waals surface area (Å²) in [5.41, 5.74) is 4.06. The molecule has 0 bridgehead atoms. The predicted octanol–water partition coefficient (Wildman–Crippen LogP) is 4.88. The fourth-order valence-corrected chi connectivity index (χ4v) is 2.86. The minimum atomic E-state index is -0.430. The van der Waals surface area contributed by atoms with Crippen molar-refractivity contribution in [3.63, 3.8) is 0 Å². The number of nitrogens with zero attached hydrogens (tertiary/aromatic N) is 1. The number of anilines is 1. The van der Waals surface area contributed by atoms with E-state index in [9.17, 15) is 9.18 Å². The maximum atomic E-state index is 13.2. The van der Waals surface area contributed by atoms with Gasteiger partial charge in [0.2, 0.25) is 0 Å². The van der Waals surface area contributed by atoms with Gasteiger partial charge in [0, 0.05) is 5.69 Å². The molecule has 0 aliphatic carbocycles. The standard InChI is InChI=1S/C21H21FN2O3/c1-12-7-13(2)9-17(8-12)26-11-18-15(4)27-24-20(18)21(25)23-19-6-5-16(22)10-14(19)3/h5-10H,11H2,1-4H3,(H,23,25). The average Bonchev–Trinajstić information content (AvgIpc) is 2.95. The summed E-state index contributed by atoms with van der Waals surface area (Å²) >= 11 is 0. The Hall–Kier alpha value is -3.15. The topological polar surface area (TPSA) is 64.4 Å². The van der Waals surface area contributed by atoms with Crippen LogP contribution < -0.4 is 10.1 Å². The molecule has 0 unspecified atom stereocenters. The summed E-state index contributed by atoms with van der Waals surface area (Å²) < 4.78 is 24.3. The first-order chi connectivity index (χ1) is 12.8. The largest absolute Gasteiger partial charge is 0.489 e. The molecule has 6 heteroatoms. The Morgan fingerprint density at radius 3 is 2.48 bits per heavy atom. The van der Waals surface area contributed by atoms with Crippen LogP contribution in [-0.2, 0) is 6.61 Å². The second-order valence-electron chi connectivity index (χ2n) is 6.59. The van der Waals surface area contributed by atoms with Crippen molar-refractivity contribution in [3.05, 3.63) is 75.9 Å². The van der Waals surface area contributed by atoms with Gasteiger partial charge in [-0.2, -0.15) is 0 Å². The third-order valence-corrected chi connectivity index (χ3v) is 4.21. The number of aryl methyl sites for hydroxylation is 4. The molecule has 1 aromatic heterocycles. The SMILES string of the molecule is Cc1cc(C)cc(OCc2c(C(=O)Nc3ccc(F)cc3C)noc2C)c1. The van der Waals surface area contributed by atoms with E-state index in [-0.39, 0.29) is 18.1 Å². The number of carbonyl (C=O) groups is 1. The van der Waals surface area contributed by atoms with Crippen LogP contribution in [0.3, 0.4) is 0 Å². The molecule has 1 heterocycles. The summed E-state index contributed by atoms with van der Waals surface area (Å²) in [7, 11) is 0. The molecule has 0 aliphatic rings. The first-order valence-electron chi connectivity index (χ1n) is 8.57. The minimum absolute atomic E-state index is 0.153. The molecule has 5 nitrogen and oxygen atoms in total. The van der Waals surface area contributed by atoms with E-state index in [4.69, 9.17) is 9.26 Å². The van der Waals surface area contributed by atoms with Gasteiger partial charge in [-0.25, -0.2) is 4.39 Å². The van der Waals surface area contributed by atoms with Gasteiger partial charge in [0.15, 0.2) is 5.69 Å². The zero-order valence-corrected chi connectivity index (χ0v) is 15.7. The predicted molar refractivity (Wildman–Crippen MR) is 101 cm³/mol. The first kappa shape index (κ1) is 18.6. The number of hydrogen-bond acceptors (Lipinski definition) is 4. The molecule has 0 radical (unpaired) electrons. The number of ether oxygens (including phenoxy) is 1. The Morgan fingerprint density at radius 2 is 1.81 bits per heavy atom. The van der Waals surface area contributed by atoms with Gasteiger partial charge in [-0.1, -0.05) is 11.2 Å². The maximum Gasteiger partial charge on any atom is 0.278 e. The monoisotopic (exact) mass is 368 g/mol. The lowest BCUT2D eigenvalue weighted by Gasteiger charge is -2.10. The number of halogens is 1. The Balaban J connectivity index is 1.78. The Kier molecular flexibility index (Phi) is 5.26. The van der Waals surface area contributed by atoms with Gasteiger partial charge in [-0.05, 0) is 74.7 Å². The number of carbonyl (C=O) groups excluding carboxylic acids is 1. The van der Waals surface area contributed by atoms with Crippen molar-refractivity contribution in [2.24, 2.45) is 0 Å². The molecular formula is C21H21FN2O3. The molecule has 27 heavy (non-hydrogen) atoms. The molecule has 1 amide bonds. The Labute approximate surface area is 157 Å². The van der Waals surface area contributed by atoms with E-state index in [0.29, 0.717) is 28.3 Å². The van der Waals surface area contributed by atoms with E-state index >= 15 is 0 Å². The van der Waals surface area contributed by atoms with Gasteiger partial charge >= 0.3 is 0 Å². The normalized spacial score (nSPS) is 10.7. The maximum absolute atomic E-state index is 13.2. The van der Waals surface area contributed by atoms with E-state index in [1.54, 1.807) is 13.8 Å². The van der Waals surface area contributed by atoms with Crippen LogP contribution in [0.2, 0.25) is 0 Å². The molecule has 0 saturated heterocycles. The van der Waals surface area contributed by atoms with Crippen molar-refractivity contribution in [2.75, 3.05) is 5.32 Å². The Morgan fingerprint density at radius 1 is 1.11 bits per heavy atom. The van der Waals surface area contributed by atoms with Crippen molar-refractivity contribution >= 4 is 11.6 Å². The summed E-state index contributed by atoms with van der Waals surface area (Å²) in [6.45, 7) is 7.59. The summed E-state index contributed by atoms with van der Waals surface area (Å²) in [4.78, 5) is 12.6. The molecule has 0 saturated carbocycles. The van der Waals surface area contributed by atoms with Crippen LogP contribution in [0.5, 0.6) is 5.75 Å². The zero-order chi connectivity index (χ0) is 19.6. The minimum Gasteiger partial charge on any atom is -0.489 e. The highest BCUT2D eigenvalue weighted by molar-refractivity contribution is 6.04. The number of nitrogens with one attached hydrogen (secondary N) is 1. The first-order valence-corrected chi connectivity index (χ1v) is 8.57. The van der Waals surface area contributed by atoms with Crippen LogP contribution in [0.15, 0.2) is 40.9 Å². The fraction of sp³-hybridized carbons (Fsp3) is 0.238. The number of benzene rings is 2. The molecule has 140 valence electrons. The van der Waals surface area contributed by atoms with Gasteiger partial charge in [0.1, 0.15) is 23.9 Å². The highest BCUT2D eigenvalue weighted by Crippen LogP contribution is 2.22. The van der Waals surface area contributed by atoms with E-state index in [1.165, 1.54) is 18.2 Å². The average molecular weight is 368 g/mol. The van der Waals surface area contributed by atoms with Crippen LogP contribution in [0.1, 0.15) is 38.5 Å². The van der Waals surface area contributed by atoms with Gasteiger partial charge in [0.05, 0.1) is 5.56 Å². The lowest BCUT2D eigenvalue weighted by Crippen LogP contribution is -2.16. The molecular weight excluding hydrogens is 347 g/mol. The van der Waals surface area contributed by atoms with Crippen molar-refractivity contribution in [2.45, 2.75) is 34.3 Å². The quantitative estimate of drug-likeness (QED) is 0.697. The molecule has 3 aromatic rings. The number of hydrogen-bond donors (Lipinski definition) is 1. The summed E-state index contributed by atoms with van der Waals surface area (Å²) in [6, 6.07) is 10.1. The summed E-state index contributed by atoms with van der Waals surface area (Å²) in [5.74, 6) is 0.445. The number of amides is 1. The highest BCUT2D eigenvalue weighted by Gasteiger charge is 2.21. The van der Waals surface area contributed by atoms with Crippen molar-refractivity contribution in [1.82, 2.24) is 5.16 Å². The van der Waals surface area contributed by atoms with Gasteiger partial charge in [-0.15, -0.1) is 0 Å². The van der Waals surface area contributed by atoms with Crippen molar-refractivity contribution in [3.8, 4) is 5.75 Å². The highest BCUT2D eigenvalue weighted by atomic mass is 19.1. The van der Waals surface area contributed by atoms with Gasteiger partial charge in [-0.3, -0.25) is 4.79 Å². The second-order valence-corrected chi connectivity index (χ2v) is 6.59. The molecule has 0 atom stereocenters. The molecule has 3 rings (SSSR count). The van der Waals surface area contributed by atoms with Crippen molar-refractivity contribution in [1.29, 1.82) is 0 Å². The van der Waals surface area contributed by atoms with E-state index in [0.717, 1.165) is 11.1 Å². The van der Waals surface area contributed by atoms with Crippen LogP contribution in [0.25, 0.3) is 0 Å². The fourth-order valence-electron chi connectivity index (χ4n) is 2.86. The summed E-state index contributed by atoms with van der Waals surface area (Å²) in [5, 5.41) is 6.61. The molecule has 0 aliphatic heterocycles. The lowest BCUT2D eigenvalue weighted by molar-refractivity contribution is 0.101. The van der Waals surface area contributed by atoms with E-state index < -0.39 is 5.91 Å². The smallest absolute Gasteiger partial charge is 0.278 e. The van der Waals surface area contributed by atoms with E-state index in [1.807, 2.05) is 26.0 Å². The molecule has 0 fully saturated rings. The molecule has 2 aromatic carbocycles. The third-order valence-electron chi connectivity index (χ3n) is 4.21. The molecule has 1 N–H and O–H groups in total. The third kappa shape index (κ3) is 4.34. The van der Waals surface area contributed by atoms with E-state index in [2.05, 4.69) is 16.5 Å². The van der Waals surface area contributed by atoms with Crippen molar-refractivity contribution < 1.29 is 18.4 Å². The Bertz CT molecular complexity index is 975.